The average molecular weight is 376 g/mol. The van der Waals surface area contributed by atoms with E-state index >= 15 is 0 Å². The molecule has 2 aromatic carbocycles. The van der Waals surface area contributed by atoms with Gasteiger partial charge in [-0.1, -0.05) is 42.0 Å². The lowest BCUT2D eigenvalue weighted by atomic mass is 9.84. The Bertz CT molecular complexity index is 1070. The van der Waals surface area contributed by atoms with E-state index in [4.69, 9.17) is 9.47 Å². The first-order valence-corrected chi connectivity index (χ1v) is 8.97. The lowest BCUT2D eigenvalue weighted by molar-refractivity contribution is -0.384. The zero-order valence-corrected chi connectivity index (χ0v) is 15.7. The molecule has 0 spiro atoms. The lowest BCUT2D eigenvalue weighted by Crippen LogP contribution is -2.34. The summed E-state index contributed by atoms with van der Waals surface area (Å²) in [6, 6.07) is 14.6. The second kappa shape index (κ2) is 7.14. The Morgan fingerprint density at radius 2 is 1.82 bits per heavy atom. The maximum Gasteiger partial charge on any atom is 0.269 e. The number of hydrogen-bond acceptors (Lipinski definition) is 5. The number of fused-ring (bicyclic) bond motifs is 3. The Labute approximate surface area is 162 Å². The summed E-state index contributed by atoms with van der Waals surface area (Å²) in [7, 11) is 3.27. The minimum Gasteiger partial charge on any atom is -0.349 e. The lowest BCUT2D eigenvalue weighted by Gasteiger charge is -2.36. The number of nitrogens with zero attached hydrogens (tertiary/aromatic N) is 2. The van der Waals surface area contributed by atoms with Gasteiger partial charge in [-0.3, -0.25) is 15.1 Å². The van der Waals surface area contributed by atoms with E-state index in [0.29, 0.717) is 12.8 Å². The van der Waals surface area contributed by atoms with Gasteiger partial charge in [-0.15, -0.1) is 0 Å². The first kappa shape index (κ1) is 18.3. The molecular formula is C22H20N2O4. The van der Waals surface area contributed by atoms with Crippen molar-refractivity contribution in [3.63, 3.8) is 0 Å². The predicted molar refractivity (Wildman–Crippen MR) is 107 cm³/mol. The van der Waals surface area contributed by atoms with E-state index in [0.717, 1.165) is 33.2 Å². The standard InChI is InChI=1S/C22H20N2O4/c1-27-22(28-2)13-16(11-15-7-9-17(10-8-15)24(25)26)12-19-18-5-3-4-6-21(18)23-14-20(19)22/h3-10,12,14H,11,13H2,1-2H3. The minimum atomic E-state index is -0.906. The summed E-state index contributed by atoms with van der Waals surface area (Å²) in [5.41, 5.74) is 5.07. The van der Waals surface area contributed by atoms with E-state index in [1.807, 2.05) is 30.5 Å². The number of aromatic nitrogens is 1. The van der Waals surface area contributed by atoms with Crippen LogP contribution >= 0.6 is 0 Å². The van der Waals surface area contributed by atoms with Crippen LogP contribution in [0.4, 0.5) is 5.69 Å². The smallest absolute Gasteiger partial charge is 0.269 e. The monoisotopic (exact) mass is 376 g/mol. The van der Waals surface area contributed by atoms with Crippen LogP contribution < -0.4 is 0 Å². The van der Waals surface area contributed by atoms with E-state index in [-0.39, 0.29) is 10.6 Å². The second-order valence-electron chi connectivity index (χ2n) is 6.84. The summed E-state index contributed by atoms with van der Waals surface area (Å²) in [5.74, 6) is -0.906. The molecule has 6 nitrogen and oxygen atoms in total. The summed E-state index contributed by atoms with van der Waals surface area (Å²) in [6.45, 7) is 0. The summed E-state index contributed by atoms with van der Waals surface area (Å²) in [4.78, 5) is 15.1. The zero-order valence-electron chi connectivity index (χ0n) is 15.7. The molecule has 0 unspecified atom stereocenters. The van der Waals surface area contributed by atoms with Crippen molar-refractivity contribution in [2.24, 2.45) is 0 Å². The van der Waals surface area contributed by atoms with Crippen molar-refractivity contribution in [3.8, 4) is 0 Å². The number of rotatable bonds is 5. The number of methoxy groups -OCH3 is 2. The highest BCUT2D eigenvalue weighted by Crippen LogP contribution is 2.43. The van der Waals surface area contributed by atoms with Gasteiger partial charge >= 0.3 is 0 Å². The number of non-ortho nitro benzene ring substituents is 1. The van der Waals surface area contributed by atoms with Crippen LogP contribution in [0.3, 0.4) is 0 Å². The molecule has 6 heteroatoms. The van der Waals surface area contributed by atoms with Gasteiger partial charge in [-0.25, -0.2) is 0 Å². The van der Waals surface area contributed by atoms with Crippen LogP contribution in [0.25, 0.3) is 17.0 Å². The van der Waals surface area contributed by atoms with Crippen LogP contribution in [0.2, 0.25) is 0 Å². The summed E-state index contributed by atoms with van der Waals surface area (Å²) in [5, 5.41) is 11.9. The van der Waals surface area contributed by atoms with Crippen molar-refractivity contribution in [2.45, 2.75) is 18.6 Å². The van der Waals surface area contributed by atoms with Crippen molar-refractivity contribution >= 4 is 22.7 Å². The highest BCUT2D eigenvalue weighted by atomic mass is 16.7. The number of hydrogen-bond donors (Lipinski definition) is 0. The van der Waals surface area contributed by atoms with Gasteiger partial charge in [-0.2, -0.15) is 0 Å². The largest absolute Gasteiger partial charge is 0.349 e. The molecule has 0 aliphatic heterocycles. The minimum absolute atomic E-state index is 0.0897. The number of nitro groups is 1. The molecular weight excluding hydrogens is 356 g/mol. The topological polar surface area (TPSA) is 74.5 Å². The van der Waals surface area contributed by atoms with Crippen LogP contribution in [-0.4, -0.2) is 24.1 Å². The SMILES string of the molecule is COC1(OC)CC(Cc2ccc([N+](=O)[O-])cc2)=Cc2c1cnc1ccccc21. The quantitative estimate of drug-likeness (QED) is 0.369. The molecule has 0 fully saturated rings. The predicted octanol–water partition coefficient (Wildman–Crippen LogP) is 4.62. The maximum absolute atomic E-state index is 10.9. The van der Waals surface area contributed by atoms with Gasteiger partial charge in [0.1, 0.15) is 0 Å². The molecule has 142 valence electrons. The van der Waals surface area contributed by atoms with Crippen molar-refractivity contribution < 1.29 is 14.4 Å². The van der Waals surface area contributed by atoms with E-state index < -0.39 is 5.79 Å². The molecule has 1 heterocycles. The van der Waals surface area contributed by atoms with Gasteiger partial charge < -0.3 is 9.47 Å². The van der Waals surface area contributed by atoms with Crippen LogP contribution in [-0.2, 0) is 21.7 Å². The van der Waals surface area contributed by atoms with Crippen LogP contribution in [0.15, 0.2) is 60.3 Å². The Morgan fingerprint density at radius 3 is 2.50 bits per heavy atom. The van der Waals surface area contributed by atoms with Gasteiger partial charge in [0.05, 0.1) is 10.4 Å². The van der Waals surface area contributed by atoms with Crippen molar-refractivity contribution in [2.75, 3.05) is 14.2 Å². The van der Waals surface area contributed by atoms with Crippen molar-refractivity contribution in [3.05, 3.63) is 87.1 Å². The molecule has 0 N–H and O–H groups in total. The Balaban J connectivity index is 1.80. The first-order valence-electron chi connectivity index (χ1n) is 8.97. The number of para-hydroxylation sites is 1. The molecule has 0 saturated carbocycles. The zero-order chi connectivity index (χ0) is 19.7. The van der Waals surface area contributed by atoms with E-state index in [2.05, 4.69) is 11.1 Å². The summed E-state index contributed by atoms with van der Waals surface area (Å²) < 4.78 is 11.7. The fourth-order valence-electron chi connectivity index (χ4n) is 3.83. The molecule has 0 atom stereocenters. The normalized spacial score (nSPS) is 15.1. The third-order valence-corrected chi connectivity index (χ3v) is 5.27. The Morgan fingerprint density at radius 1 is 1.11 bits per heavy atom. The molecule has 1 aliphatic rings. The molecule has 1 aliphatic carbocycles. The Kier molecular flexibility index (Phi) is 4.66. The molecule has 1 aromatic heterocycles. The highest BCUT2D eigenvalue weighted by Gasteiger charge is 2.38. The fraction of sp³-hybridized carbons (Fsp3) is 0.227. The third-order valence-electron chi connectivity index (χ3n) is 5.27. The fourth-order valence-corrected chi connectivity index (χ4v) is 3.83. The van der Waals surface area contributed by atoms with E-state index in [9.17, 15) is 10.1 Å². The van der Waals surface area contributed by atoms with Gasteiger partial charge in [0, 0.05) is 49.9 Å². The van der Waals surface area contributed by atoms with E-state index in [1.54, 1.807) is 26.4 Å². The third kappa shape index (κ3) is 3.06. The van der Waals surface area contributed by atoms with Gasteiger partial charge in [-0.05, 0) is 23.6 Å². The molecule has 0 saturated heterocycles. The van der Waals surface area contributed by atoms with Crippen LogP contribution in [0, 0.1) is 10.1 Å². The molecule has 0 radical (unpaired) electrons. The second-order valence-corrected chi connectivity index (χ2v) is 6.84. The van der Waals surface area contributed by atoms with Crippen molar-refractivity contribution in [1.82, 2.24) is 4.98 Å². The maximum atomic E-state index is 10.9. The summed E-state index contributed by atoms with van der Waals surface area (Å²) >= 11 is 0. The number of ether oxygens (including phenoxy) is 2. The van der Waals surface area contributed by atoms with Gasteiger partial charge in [0.25, 0.3) is 5.69 Å². The first-order chi connectivity index (χ1) is 13.6. The number of benzene rings is 2. The molecule has 3 aromatic rings. The van der Waals surface area contributed by atoms with Crippen LogP contribution in [0.5, 0.6) is 0 Å². The molecule has 0 amide bonds. The van der Waals surface area contributed by atoms with Crippen LogP contribution in [0.1, 0.15) is 23.1 Å². The number of pyridine rings is 1. The highest BCUT2D eigenvalue weighted by molar-refractivity contribution is 5.90. The summed E-state index contributed by atoms with van der Waals surface area (Å²) in [6.07, 6.45) is 5.20. The van der Waals surface area contributed by atoms with E-state index in [1.165, 1.54) is 12.1 Å². The Hall–Kier alpha value is -3.09. The molecule has 4 rings (SSSR count). The van der Waals surface area contributed by atoms with Gasteiger partial charge in [0.15, 0.2) is 5.79 Å². The molecule has 28 heavy (non-hydrogen) atoms. The number of nitro benzene ring substituents is 1. The van der Waals surface area contributed by atoms with Gasteiger partial charge in [0.2, 0.25) is 0 Å². The van der Waals surface area contributed by atoms with Crippen molar-refractivity contribution in [1.29, 1.82) is 0 Å². The molecule has 0 bridgehead atoms. The average Bonchev–Trinajstić information content (AvgIpc) is 2.73.